The highest BCUT2D eigenvalue weighted by Gasteiger charge is 2.24. The summed E-state index contributed by atoms with van der Waals surface area (Å²) >= 11 is 0. The number of carbonyl (C=O) groups is 2. The number of nitrogens with one attached hydrogen (secondary N) is 1. The van der Waals surface area contributed by atoms with Crippen molar-refractivity contribution in [3.05, 3.63) is 18.3 Å². The zero-order valence-electron chi connectivity index (χ0n) is 18.1. The molecule has 166 valence electrons. The minimum atomic E-state index is -0.471. The first kappa shape index (κ1) is 22.3. The summed E-state index contributed by atoms with van der Waals surface area (Å²) in [6.45, 7) is 7.84. The van der Waals surface area contributed by atoms with Gasteiger partial charge in [-0.25, -0.2) is 9.78 Å². The number of carbonyl (C=O) groups excluding carboxylic acids is 2. The molecular formula is C22H34N4O4. The summed E-state index contributed by atoms with van der Waals surface area (Å²) in [4.78, 5) is 32.1. The van der Waals surface area contributed by atoms with Crippen LogP contribution in [-0.4, -0.2) is 67.4 Å². The Morgan fingerprint density at radius 1 is 1.37 bits per heavy atom. The Labute approximate surface area is 178 Å². The average molecular weight is 419 g/mol. The highest BCUT2D eigenvalue weighted by molar-refractivity contribution is 5.84. The fourth-order valence-corrected chi connectivity index (χ4v) is 4.19. The van der Waals surface area contributed by atoms with Crippen molar-refractivity contribution in [1.29, 1.82) is 0 Å². The fourth-order valence-electron chi connectivity index (χ4n) is 4.19. The number of nitrogens with zero attached hydrogens (tertiary/aromatic N) is 3. The van der Waals surface area contributed by atoms with E-state index in [9.17, 15) is 9.59 Å². The van der Waals surface area contributed by atoms with Crippen molar-refractivity contribution in [2.45, 2.75) is 58.1 Å². The summed E-state index contributed by atoms with van der Waals surface area (Å²) in [5, 5.41) is 2.69. The monoisotopic (exact) mass is 418 g/mol. The van der Waals surface area contributed by atoms with Crippen molar-refractivity contribution in [2.24, 2.45) is 5.92 Å². The minimum absolute atomic E-state index is 0.163. The van der Waals surface area contributed by atoms with Crippen LogP contribution in [0.5, 0.6) is 0 Å². The van der Waals surface area contributed by atoms with E-state index in [0.29, 0.717) is 17.6 Å². The smallest absolute Gasteiger partial charge is 0.411 e. The van der Waals surface area contributed by atoms with E-state index in [1.54, 1.807) is 6.20 Å². The Balaban J connectivity index is 1.49. The number of hydrogen-bond acceptors (Lipinski definition) is 6. The highest BCUT2D eigenvalue weighted by Crippen LogP contribution is 2.25. The van der Waals surface area contributed by atoms with E-state index < -0.39 is 6.09 Å². The summed E-state index contributed by atoms with van der Waals surface area (Å²) < 4.78 is 10.5. The predicted molar refractivity (Wildman–Crippen MR) is 116 cm³/mol. The quantitative estimate of drug-likeness (QED) is 0.652. The molecule has 1 atom stereocenters. The predicted octanol–water partition coefficient (Wildman–Crippen LogP) is 3.28. The minimum Gasteiger partial charge on any atom is -0.447 e. The first-order valence-electron chi connectivity index (χ1n) is 11.0. The van der Waals surface area contributed by atoms with Crippen LogP contribution in [0.15, 0.2) is 18.3 Å². The van der Waals surface area contributed by atoms with Gasteiger partial charge in [-0.15, -0.1) is 0 Å². The highest BCUT2D eigenvalue weighted by atomic mass is 16.6. The standard InChI is InChI=1S/C22H34N4O4/c1-17(2)30-22(28)24-19-5-6-21(23-14-19)25-10-3-4-18(15-25)7-11-26(16-27)20-8-12-29-13-9-20/h5-6,14,16-18,20H,3-4,7-13,15H2,1-2H3,(H,24,28). The number of hydrogen-bond donors (Lipinski definition) is 1. The molecule has 8 heteroatoms. The van der Waals surface area contributed by atoms with Gasteiger partial charge >= 0.3 is 6.09 Å². The molecule has 3 heterocycles. The Hall–Kier alpha value is -2.35. The molecule has 0 radical (unpaired) electrons. The molecule has 0 aliphatic carbocycles. The number of piperidine rings is 1. The number of amides is 2. The van der Waals surface area contributed by atoms with Gasteiger partial charge in [-0.1, -0.05) is 0 Å². The molecule has 2 saturated heterocycles. The lowest BCUT2D eigenvalue weighted by Gasteiger charge is -2.36. The summed E-state index contributed by atoms with van der Waals surface area (Å²) in [7, 11) is 0. The van der Waals surface area contributed by atoms with Gasteiger partial charge in [-0.3, -0.25) is 10.1 Å². The van der Waals surface area contributed by atoms with Crippen molar-refractivity contribution < 1.29 is 19.1 Å². The molecule has 1 N–H and O–H groups in total. The summed E-state index contributed by atoms with van der Waals surface area (Å²) in [6.07, 6.45) is 7.21. The van der Waals surface area contributed by atoms with Crippen molar-refractivity contribution in [2.75, 3.05) is 43.1 Å². The van der Waals surface area contributed by atoms with Crippen molar-refractivity contribution in [1.82, 2.24) is 9.88 Å². The lowest BCUT2D eigenvalue weighted by molar-refractivity contribution is -0.122. The second-order valence-electron chi connectivity index (χ2n) is 8.41. The van der Waals surface area contributed by atoms with E-state index in [-0.39, 0.29) is 6.10 Å². The van der Waals surface area contributed by atoms with Crippen LogP contribution in [0.3, 0.4) is 0 Å². The molecular weight excluding hydrogens is 384 g/mol. The van der Waals surface area contributed by atoms with E-state index in [1.165, 1.54) is 6.42 Å². The van der Waals surface area contributed by atoms with Crippen LogP contribution in [0.25, 0.3) is 0 Å². The molecule has 8 nitrogen and oxygen atoms in total. The zero-order chi connectivity index (χ0) is 21.3. The molecule has 3 rings (SSSR count). The summed E-state index contributed by atoms with van der Waals surface area (Å²) in [6, 6.07) is 4.11. The van der Waals surface area contributed by atoms with E-state index in [1.807, 2.05) is 30.9 Å². The zero-order valence-corrected chi connectivity index (χ0v) is 18.1. The van der Waals surface area contributed by atoms with E-state index in [4.69, 9.17) is 9.47 Å². The normalized spacial score (nSPS) is 20.1. The molecule has 0 saturated carbocycles. The molecule has 1 aromatic rings. The van der Waals surface area contributed by atoms with Gasteiger partial charge in [-0.05, 0) is 64.0 Å². The maximum Gasteiger partial charge on any atom is 0.411 e. The van der Waals surface area contributed by atoms with Crippen molar-refractivity contribution in [3.63, 3.8) is 0 Å². The largest absolute Gasteiger partial charge is 0.447 e. The Kier molecular flexibility index (Phi) is 8.30. The Bertz CT molecular complexity index is 676. The molecule has 30 heavy (non-hydrogen) atoms. The second kappa shape index (κ2) is 11.2. The maximum atomic E-state index is 11.7. The van der Waals surface area contributed by atoms with E-state index in [2.05, 4.69) is 15.2 Å². The van der Waals surface area contributed by atoms with Crippen molar-refractivity contribution in [3.8, 4) is 0 Å². The van der Waals surface area contributed by atoms with Crippen LogP contribution in [0.4, 0.5) is 16.3 Å². The molecule has 0 bridgehead atoms. The Morgan fingerprint density at radius 2 is 2.17 bits per heavy atom. The summed E-state index contributed by atoms with van der Waals surface area (Å²) in [5.41, 5.74) is 0.621. The molecule has 2 aliphatic heterocycles. The lowest BCUT2D eigenvalue weighted by atomic mass is 9.94. The molecule has 2 amide bonds. The third kappa shape index (κ3) is 6.58. The van der Waals surface area contributed by atoms with Crippen LogP contribution >= 0.6 is 0 Å². The summed E-state index contributed by atoms with van der Waals surface area (Å²) in [5.74, 6) is 1.46. The van der Waals surface area contributed by atoms with Gasteiger partial charge in [0.1, 0.15) is 5.82 Å². The first-order chi connectivity index (χ1) is 14.5. The molecule has 2 aliphatic rings. The van der Waals surface area contributed by atoms with E-state index >= 15 is 0 Å². The van der Waals surface area contributed by atoms with Crippen LogP contribution in [0.1, 0.15) is 46.0 Å². The Morgan fingerprint density at radius 3 is 2.83 bits per heavy atom. The molecule has 1 aromatic heterocycles. The third-order valence-electron chi connectivity index (χ3n) is 5.77. The molecule has 2 fully saturated rings. The molecule has 0 spiro atoms. The van der Waals surface area contributed by atoms with Gasteiger partial charge in [0.15, 0.2) is 0 Å². The van der Waals surface area contributed by atoms with Crippen LogP contribution in [0.2, 0.25) is 0 Å². The fraction of sp³-hybridized carbons (Fsp3) is 0.682. The van der Waals surface area contributed by atoms with Gasteiger partial charge < -0.3 is 19.3 Å². The molecule has 0 aromatic carbocycles. The van der Waals surface area contributed by atoms with Gasteiger partial charge in [-0.2, -0.15) is 0 Å². The van der Waals surface area contributed by atoms with E-state index in [0.717, 1.165) is 70.8 Å². The maximum absolute atomic E-state index is 11.7. The van der Waals surface area contributed by atoms with Crippen LogP contribution in [-0.2, 0) is 14.3 Å². The molecule has 1 unspecified atom stereocenters. The average Bonchev–Trinajstić information content (AvgIpc) is 2.75. The van der Waals surface area contributed by atoms with Gasteiger partial charge in [0.2, 0.25) is 6.41 Å². The lowest BCUT2D eigenvalue weighted by Crippen LogP contribution is -2.41. The number of rotatable bonds is 8. The second-order valence-corrected chi connectivity index (χ2v) is 8.41. The topological polar surface area (TPSA) is 84.0 Å². The first-order valence-corrected chi connectivity index (χ1v) is 11.0. The van der Waals surface area contributed by atoms with Gasteiger partial charge in [0.05, 0.1) is 18.0 Å². The number of pyridine rings is 1. The number of ether oxygens (including phenoxy) is 2. The third-order valence-corrected chi connectivity index (χ3v) is 5.77. The van der Waals surface area contributed by atoms with Gasteiger partial charge in [0.25, 0.3) is 0 Å². The van der Waals surface area contributed by atoms with Crippen molar-refractivity contribution >= 4 is 24.0 Å². The van der Waals surface area contributed by atoms with Gasteiger partial charge in [0, 0.05) is 38.9 Å². The van der Waals surface area contributed by atoms with Crippen LogP contribution in [0, 0.1) is 5.92 Å². The SMILES string of the molecule is CC(C)OC(=O)Nc1ccc(N2CCCC(CCN(C=O)C3CCOCC3)C2)nc1. The van der Waals surface area contributed by atoms with Crippen LogP contribution < -0.4 is 10.2 Å². The number of anilines is 2. The number of aromatic nitrogens is 1.